The first-order valence-corrected chi connectivity index (χ1v) is 8.68. The van der Waals surface area contributed by atoms with Crippen molar-refractivity contribution in [1.82, 2.24) is 24.2 Å². The number of aromatic nitrogens is 3. The first kappa shape index (κ1) is 15.9. The lowest BCUT2D eigenvalue weighted by molar-refractivity contribution is 0.258. The summed E-state index contributed by atoms with van der Waals surface area (Å²) in [4.78, 5) is 8.46. The molecule has 2 aromatic rings. The molecule has 1 aliphatic rings. The van der Waals surface area contributed by atoms with Crippen molar-refractivity contribution in [3.63, 3.8) is 0 Å². The van der Waals surface area contributed by atoms with Gasteiger partial charge < -0.3 is 14.6 Å². The predicted octanol–water partition coefficient (Wildman–Crippen LogP) is 0.159. The van der Waals surface area contributed by atoms with E-state index in [1.807, 2.05) is 17.8 Å². The number of hydrogen-bond acceptors (Lipinski definition) is 6. The first-order valence-electron chi connectivity index (χ1n) is 7.24. The molecular weight excluding hydrogens is 318 g/mol. The molecule has 1 unspecified atom stereocenters. The van der Waals surface area contributed by atoms with Crippen molar-refractivity contribution in [3.05, 3.63) is 36.5 Å². The van der Waals surface area contributed by atoms with Crippen LogP contribution >= 0.6 is 0 Å². The largest absolute Gasteiger partial charge is 0.481 e. The minimum Gasteiger partial charge on any atom is -0.481 e. The molecule has 1 atom stereocenters. The zero-order chi connectivity index (χ0) is 16.4. The summed E-state index contributed by atoms with van der Waals surface area (Å²) >= 11 is 0. The Morgan fingerprint density at radius 3 is 2.78 bits per heavy atom. The molecule has 3 rings (SSSR count). The van der Waals surface area contributed by atoms with Crippen molar-refractivity contribution in [1.29, 1.82) is 0 Å². The van der Waals surface area contributed by atoms with E-state index in [9.17, 15) is 8.42 Å². The third kappa shape index (κ3) is 2.94. The van der Waals surface area contributed by atoms with Crippen LogP contribution < -0.4 is 10.1 Å². The van der Waals surface area contributed by atoms with Crippen LogP contribution in [0.4, 0.5) is 0 Å². The van der Waals surface area contributed by atoms with Gasteiger partial charge in [0.25, 0.3) is 0 Å². The SMILES string of the molecule is COc1ccc(S(=O)(=O)N2CCNCC2c2nccn2C)cn1. The molecule has 2 aromatic heterocycles. The molecule has 9 heteroatoms. The quantitative estimate of drug-likeness (QED) is 0.855. The Balaban J connectivity index is 1.97. The van der Waals surface area contributed by atoms with Crippen LogP contribution in [0.1, 0.15) is 11.9 Å². The number of sulfonamides is 1. The second-order valence-electron chi connectivity index (χ2n) is 5.27. The molecule has 1 fully saturated rings. The maximum Gasteiger partial charge on any atom is 0.245 e. The van der Waals surface area contributed by atoms with E-state index in [1.54, 1.807) is 12.3 Å². The second-order valence-corrected chi connectivity index (χ2v) is 7.16. The van der Waals surface area contributed by atoms with Gasteiger partial charge in [0, 0.05) is 45.1 Å². The van der Waals surface area contributed by atoms with Crippen LogP contribution in [-0.4, -0.2) is 54.0 Å². The normalized spacial score (nSPS) is 19.7. The number of piperazine rings is 1. The zero-order valence-corrected chi connectivity index (χ0v) is 13.8. The molecule has 0 spiro atoms. The number of rotatable bonds is 4. The monoisotopic (exact) mass is 337 g/mol. The van der Waals surface area contributed by atoms with E-state index in [2.05, 4.69) is 15.3 Å². The fourth-order valence-corrected chi connectivity index (χ4v) is 4.20. The molecule has 0 amide bonds. The lowest BCUT2D eigenvalue weighted by Crippen LogP contribution is -2.49. The number of imidazole rings is 1. The Kier molecular flexibility index (Phi) is 4.33. The molecule has 1 aliphatic heterocycles. The van der Waals surface area contributed by atoms with Gasteiger partial charge in [0.2, 0.25) is 15.9 Å². The van der Waals surface area contributed by atoms with Crippen LogP contribution in [0.25, 0.3) is 0 Å². The summed E-state index contributed by atoms with van der Waals surface area (Å²) in [6.45, 7) is 1.50. The van der Waals surface area contributed by atoms with E-state index < -0.39 is 10.0 Å². The van der Waals surface area contributed by atoms with Gasteiger partial charge in [0.15, 0.2) is 0 Å². The fourth-order valence-electron chi connectivity index (χ4n) is 2.67. The van der Waals surface area contributed by atoms with Gasteiger partial charge in [-0.05, 0) is 6.07 Å². The van der Waals surface area contributed by atoms with Crippen LogP contribution in [-0.2, 0) is 17.1 Å². The Bertz CT molecular complexity index is 772. The molecular formula is C14H19N5O3S. The summed E-state index contributed by atoms with van der Waals surface area (Å²) < 4.78 is 34.3. The van der Waals surface area contributed by atoms with E-state index in [0.29, 0.717) is 31.3 Å². The van der Waals surface area contributed by atoms with Crippen molar-refractivity contribution in [2.24, 2.45) is 7.05 Å². The zero-order valence-electron chi connectivity index (χ0n) is 13.0. The highest BCUT2D eigenvalue weighted by molar-refractivity contribution is 7.89. The Morgan fingerprint density at radius 1 is 1.35 bits per heavy atom. The summed E-state index contributed by atoms with van der Waals surface area (Å²) in [5.41, 5.74) is 0. The second kappa shape index (κ2) is 6.26. The molecule has 1 saturated heterocycles. The van der Waals surface area contributed by atoms with Crippen LogP contribution in [0.5, 0.6) is 5.88 Å². The van der Waals surface area contributed by atoms with Crippen LogP contribution in [0.15, 0.2) is 35.6 Å². The molecule has 23 heavy (non-hydrogen) atoms. The van der Waals surface area contributed by atoms with Crippen molar-refractivity contribution in [2.45, 2.75) is 10.9 Å². The highest BCUT2D eigenvalue weighted by Crippen LogP contribution is 2.28. The van der Waals surface area contributed by atoms with Gasteiger partial charge in [0.1, 0.15) is 10.7 Å². The molecule has 0 aromatic carbocycles. The number of pyridine rings is 1. The van der Waals surface area contributed by atoms with Crippen LogP contribution in [0.2, 0.25) is 0 Å². The van der Waals surface area contributed by atoms with Crippen molar-refractivity contribution in [2.75, 3.05) is 26.7 Å². The summed E-state index contributed by atoms with van der Waals surface area (Å²) in [5.74, 6) is 1.09. The molecule has 0 radical (unpaired) electrons. The van der Waals surface area contributed by atoms with Gasteiger partial charge in [-0.3, -0.25) is 0 Å². The van der Waals surface area contributed by atoms with Gasteiger partial charge in [0.05, 0.1) is 19.3 Å². The summed E-state index contributed by atoms with van der Waals surface area (Å²) in [5, 5.41) is 3.23. The summed E-state index contributed by atoms with van der Waals surface area (Å²) in [6.07, 6.45) is 4.80. The third-order valence-electron chi connectivity index (χ3n) is 3.88. The van der Waals surface area contributed by atoms with Crippen LogP contribution in [0, 0.1) is 0 Å². The van der Waals surface area contributed by atoms with Gasteiger partial charge in [-0.15, -0.1) is 0 Å². The maximum atomic E-state index is 13.0. The first-order chi connectivity index (χ1) is 11.0. The number of nitrogens with one attached hydrogen (secondary N) is 1. The van der Waals surface area contributed by atoms with Gasteiger partial charge in [-0.1, -0.05) is 0 Å². The molecule has 3 heterocycles. The number of ether oxygens (including phenoxy) is 1. The minimum absolute atomic E-state index is 0.152. The Hall–Kier alpha value is -1.97. The van der Waals surface area contributed by atoms with Crippen molar-refractivity contribution >= 4 is 10.0 Å². The van der Waals surface area contributed by atoms with E-state index in [4.69, 9.17) is 4.74 Å². The topological polar surface area (TPSA) is 89.4 Å². The fraction of sp³-hybridized carbons (Fsp3) is 0.429. The average Bonchev–Trinajstić information content (AvgIpc) is 3.01. The standard InChI is InChI=1S/C14H19N5O3S/c1-18-7-6-16-14(18)12-10-15-5-8-19(12)23(20,21)11-3-4-13(22-2)17-9-11/h3-4,6-7,9,12,15H,5,8,10H2,1-2H3. The predicted molar refractivity (Wildman–Crippen MR) is 83.5 cm³/mol. The smallest absolute Gasteiger partial charge is 0.245 e. The third-order valence-corrected chi connectivity index (χ3v) is 5.77. The van der Waals surface area contributed by atoms with Gasteiger partial charge in [-0.2, -0.15) is 4.31 Å². The van der Waals surface area contributed by atoms with Crippen LogP contribution in [0.3, 0.4) is 0 Å². The van der Waals surface area contributed by atoms with Gasteiger partial charge in [-0.25, -0.2) is 18.4 Å². The van der Waals surface area contributed by atoms with Crippen molar-refractivity contribution < 1.29 is 13.2 Å². The lowest BCUT2D eigenvalue weighted by atomic mass is 10.2. The molecule has 0 bridgehead atoms. The number of methoxy groups -OCH3 is 1. The number of nitrogens with zero attached hydrogens (tertiary/aromatic N) is 4. The van der Waals surface area contributed by atoms with E-state index in [1.165, 1.54) is 23.7 Å². The van der Waals surface area contributed by atoms with Crippen molar-refractivity contribution in [3.8, 4) is 5.88 Å². The molecule has 0 saturated carbocycles. The number of hydrogen-bond donors (Lipinski definition) is 1. The highest BCUT2D eigenvalue weighted by atomic mass is 32.2. The molecule has 1 N–H and O–H groups in total. The number of aryl methyl sites for hydroxylation is 1. The molecule has 0 aliphatic carbocycles. The summed E-state index contributed by atoms with van der Waals surface area (Å²) in [6, 6.07) is 2.71. The average molecular weight is 337 g/mol. The molecule has 8 nitrogen and oxygen atoms in total. The van der Waals surface area contributed by atoms with E-state index in [0.717, 1.165) is 0 Å². The van der Waals surface area contributed by atoms with E-state index in [-0.39, 0.29) is 10.9 Å². The Morgan fingerprint density at radius 2 is 2.17 bits per heavy atom. The van der Waals surface area contributed by atoms with E-state index >= 15 is 0 Å². The minimum atomic E-state index is -3.66. The Labute approximate surface area is 135 Å². The maximum absolute atomic E-state index is 13.0. The lowest BCUT2D eigenvalue weighted by Gasteiger charge is -2.34. The highest BCUT2D eigenvalue weighted by Gasteiger charge is 2.36. The van der Waals surface area contributed by atoms with Gasteiger partial charge >= 0.3 is 0 Å². The molecule has 124 valence electrons. The summed E-state index contributed by atoms with van der Waals surface area (Å²) in [7, 11) is -0.309.